The minimum Gasteiger partial charge on any atom is -0.469 e. The number of hydrogen-bond donors (Lipinski definition) is 0. The second-order valence-corrected chi connectivity index (χ2v) is 6.64. The summed E-state index contributed by atoms with van der Waals surface area (Å²) in [7, 11) is 1.35. The van der Waals surface area contributed by atoms with Gasteiger partial charge in [0.2, 0.25) is 5.91 Å². The number of halogens is 1. The van der Waals surface area contributed by atoms with Crippen molar-refractivity contribution in [3.05, 3.63) is 35.5 Å². The molecule has 0 fully saturated rings. The first-order valence-corrected chi connectivity index (χ1v) is 8.37. The molecule has 0 aliphatic rings. The van der Waals surface area contributed by atoms with Gasteiger partial charge in [-0.15, -0.1) is 0 Å². The first-order chi connectivity index (χ1) is 11.4. The first kappa shape index (κ1) is 18.3. The lowest BCUT2D eigenvalue weighted by Crippen LogP contribution is -2.38. The van der Waals surface area contributed by atoms with Gasteiger partial charge in [0.15, 0.2) is 0 Å². The molecule has 0 spiro atoms. The summed E-state index contributed by atoms with van der Waals surface area (Å²) in [5, 5.41) is 1.68. The van der Waals surface area contributed by atoms with Crippen molar-refractivity contribution in [1.82, 2.24) is 9.47 Å². The summed E-state index contributed by atoms with van der Waals surface area (Å²) < 4.78 is 6.55. The topological polar surface area (TPSA) is 51.5 Å². The molecule has 0 saturated heterocycles. The number of benzene rings is 1. The Labute approximate surface area is 147 Å². The quantitative estimate of drug-likeness (QED) is 0.719. The van der Waals surface area contributed by atoms with Gasteiger partial charge in [0.1, 0.15) is 6.54 Å². The maximum absolute atomic E-state index is 12.7. The lowest BCUT2D eigenvalue weighted by molar-refractivity contribution is -0.142. The van der Waals surface area contributed by atoms with Gasteiger partial charge in [0.25, 0.3) is 0 Å². The summed E-state index contributed by atoms with van der Waals surface area (Å²) in [6.07, 6.45) is 2.08. The van der Waals surface area contributed by atoms with Gasteiger partial charge >= 0.3 is 5.97 Å². The van der Waals surface area contributed by atoms with E-state index in [0.717, 1.165) is 10.9 Å². The Morgan fingerprint density at radius 3 is 2.71 bits per heavy atom. The molecule has 2 rings (SSSR count). The van der Waals surface area contributed by atoms with Crippen molar-refractivity contribution in [1.29, 1.82) is 0 Å². The Bertz CT molecular complexity index is 724. The van der Waals surface area contributed by atoms with Gasteiger partial charge in [-0.1, -0.05) is 31.5 Å². The van der Waals surface area contributed by atoms with E-state index in [2.05, 4.69) is 4.74 Å². The van der Waals surface area contributed by atoms with Crippen molar-refractivity contribution >= 4 is 34.4 Å². The Kier molecular flexibility index (Phi) is 6.26. The fraction of sp³-hybridized carbons (Fsp3) is 0.444. The number of carbonyl (C=O) groups is 2. The van der Waals surface area contributed by atoms with Crippen molar-refractivity contribution < 1.29 is 14.3 Å². The van der Waals surface area contributed by atoms with Gasteiger partial charge in [-0.2, -0.15) is 0 Å². The molecule has 0 aliphatic carbocycles. The van der Waals surface area contributed by atoms with E-state index in [-0.39, 0.29) is 24.8 Å². The summed E-state index contributed by atoms with van der Waals surface area (Å²) in [5.74, 6) is -0.0118. The van der Waals surface area contributed by atoms with Gasteiger partial charge < -0.3 is 14.2 Å². The van der Waals surface area contributed by atoms with Gasteiger partial charge in [0, 0.05) is 29.8 Å². The SMILES string of the molecule is COC(=O)CCN(CC(C)C)C(=O)Cn1ccc2ccc(Cl)cc21. The van der Waals surface area contributed by atoms with Crippen LogP contribution in [0.3, 0.4) is 0 Å². The van der Waals surface area contributed by atoms with Crippen LogP contribution in [0, 0.1) is 5.92 Å². The molecular weight excluding hydrogens is 328 g/mol. The number of carbonyl (C=O) groups excluding carboxylic acids is 2. The first-order valence-electron chi connectivity index (χ1n) is 7.99. The van der Waals surface area contributed by atoms with Crippen molar-refractivity contribution in [3.8, 4) is 0 Å². The van der Waals surface area contributed by atoms with E-state index < -0.39 is 0 Å². The molecule has 2 aromatic rings. The maximum atomic E-state index is 12.7. The number of aromatic nitrogens is 1. The zero-order valence-corrected chi connectivity index (χ0v) is 15.0. The minimum absolute atomic E-state index is 0.0231. The predicted octanol–water partition coefficient (Wildman–Crippen LogP) is 3.34. The smallest absolute Gasteiger partial charge is 0.307 e. The largest absolute Gasteiger partial charge is 0.469 e. The molecule has 1 aromatic carbocycles. The van der Waals surface area contributed by atoms with Crippen molar-refractivity contribution in [2.45, 2.75) is 26.8 Å². The Balaban J connectivity index is 2.12. The van der Waals surface area contributed by atoms with Crippen LogP contribution in [0.1, 0.15) is 20.3 Å². The highest BCUT2D eigenvalue weighted by atomic mass is 35.5. The van der Waals surface area contributed by atoms with E-state index in [4.69, 9.17) is 11.6 Å². The molecule has 1 amide bonds. The predicted molar refractivity (Wildman–Crippen MR) is 95.0 cm³/mol. The highest BCUT2D eigenvalue weighted by Crippen LogP contribution is 2.20. The second-order valence-electron chi connectivity index (χ2n) is 6.21. The highest BCUT2D eigenvalue weighted by Gasteiger charge is 2.17. The molecule has 24 heavy (non-hydrogen) atoms. The monoisotopic (exact) mass is 350 g/mol. The van der Waals surface area contributed by atoms with Crippen molar-refractivity contribution in [3.63, 3.8) is 0 Å². The van der Waals surface area contributed by atoms with Crippen LogP contribution in [0.4, 0.5) is 0 Å². The molecule has 5 nitrogen and oxygen atoms in total. The van der Waals surface area contributed by atoms with Crippen LogP contribution in [0.2, 0.25) is 5.02 Å². The molecular formula is C18H23ClN2O3. The number of methoxy groups -OCH3 is 1. The number of fused-ring (bicyclic) bond motifs is 1. The molecule has 0 atom stereocenters. The van der Waals surface area contributed by atoms with E-state index >= 15 is 0 Å². The van der Waals surface area contributed by atoms with Crippen molar-refractivity contribution in [2.24, 2.45) is 5.92 Å². The van der Waals surface area contributed by atoms with Crippen LogP contribution in [0.15, 0.2) is 30.5 Å². The van der Waals surface area contributed by atoms with Crippen LogP contribution in [-0.4, -0.2) is 41.5 Å². The average molecular weight is 351 g/mol. The summed E-state index contributed by atoms with van der Waals surface area (Å²) >= 11 is 6.06. The Hall–Kier alpha value is -2.01. The standard InChI is InChI=1S/C18H23ClN2O3/c1-13(2)11-21(9-7-18(23)24-3)17(22)12-20-8-6-14-4-5-15(19)10-16(14)20/h4-6,8,10,13H,7,9,11-12H2,1-3H3. The van der Waals surface area contributed by atoms with Crippen LogP contribution >= 0.6 is 11.6 Å². The number of ether oxygens (including phenoxy) is 1. The molecule has 6 heteroatoms. The number of amides is 1. The zero-order chi connectivity index (χ0) is 17.7. The normalized spacial score (nSPS) is 11.0. The number of esters is 1. The Morgan fingerprint density at radius 1 is 1.29 bits per heavy atom. The molecule has 0 aliphatic heterocycles. The molecule has 0 unspecified atom stereocenters. The third-order valence-electron chi connectivity index (χ3n) is 3.79. The summed E-state index contributed by atoms with van der Waals surface area (Å²) in [6, 6.07) is 7.57. The number of nitrogens with zero attached hydrogens (tertiary/aromatic N) is 2. The number of hydrogen-bond acceptors (Lipinski definition) is 3. The van der Waals surface area contributed by atoms with Crippen LogP contribution in [0.5, 0.6) is 0 Å². The van der Waals surface area contributed by atoms with E-state index in [1.165, 1.54) is 7.11 Å². The van der Waals surface area contributed by atoms with Gasteiger partial charge in [-0.3, -0.25) is 9.59 Å². The maximum Gasteiger partial charge on any atom is 0.307 e. The molecule has 0 radical (unpaired) electrons. The molecule has 1 heterocycles. The summed E-state index contributed by atoms with van der Waals surface area (Å²) in [6.45, 7) is 5.28. The summed E-state index contributed by atoms with van der Waals surface area (Å²) in [4.78, 5) is 25.8. The van der Waals surface area contributed by atoms with Crippen molar-refractivity contribution in [2.75, 3.05) is 20.2 Å². The van der Waals surface area contributed by atoms with E-state index in [0.29, 0.717) is 24.0 Å². The fourth-order valence-electron chi connectivity index (χ4n) is 2.63. The highest BCUT2D eigenvalue weighted by molar-refractivity contribution is 6.31. The van der Waals surface area contributed by atoms with E-state index in [1.807, 2.05) is 48.9 Å². The van der Waals surface area contributed by atoms with Gasteiger partial charge in [-0.25, -0.2) is 0 Å². The lowest BCUT2D eigenvalue weighted by Gasteiger charge is -2.24. The van der Waals surface area contributed by atoms with Gasteiger partial charge in [-0.05, 0) is 29.5 Å². The van der Waals surface area contributed by atoms with E-state index in [1.54, 1.807) is 4.90 Å². The number of rotatable bonds is 7. The third-order valence-corrected chi connectivity index (χ3v) is 4.03. The molecule has 0 bridgehead atoms. The second kappa shape index (κ2) is 8.20. The Morgan fingerprint density at radius 2 is 2.04 bits per heavy atom. The average Bonchev–Trinajstić information content (AvgIpc) is 2.92. The van der Waals surface area contributed by atoms with E-state index in [9.17, 15) is 9.59 Å². The zero-order valence-electron chi connectivity index (χ0n) is 14.3. The van der Waals surface area contributed by atoms with Gasteiger partial charge in [0.05, 0.1) is 13.5 Å². The van der Waals surface area contributed by atoms with Crippen LogP contribution < -0.4 is 0 Å². The minimum atomic E-state index is -0.310. The molecule has 0 N–H and O–H groups in total. The lowest BCUT2D eigenvalue weighted by atomic mass is 10.2. The van der Waals surface area contributed by atoms with Crippen LogP contribution in [-0.2, 0) is 20.9 Å². The third kappa shape index (κ3) is 4.74. The fourth-order valence-corrected chi connectivity index (χ4v) is 2.79. The molecule has 1 aromatic heterocycles. The molecule has 0 saturated carbocycles. The summed E-state index contributed by atoms with van der Waals surface area (Å²) in [5.41, 5.74) is 0.924. The molecule has 130 valence electrons. The van der Waals surface area contributed by atoms with Crippen LogP contribution in [0.25, 0.3) is 10.9 Å².